The van der Waals surface area contributed by atoms with Crippen LogP contribution in [0.3, 0.4) is 0 Å². The maximum atomic E-state index is 11.6. The molecule has 0 aromatic heterocycles. The van der Waals surface area contributed by atoms with Crippen LogP contribution in [0.2, 0.25) is 5.02 Å². The Balaban J connectivity index is 0.00000338. The molecule has 0 spiro atoms. The second-order valence-corrected chi connectivity index (χ2v) is 6.53. The van der Waals surface area contributed by atoms with Gasteiger partial charge in [0.25, 0.3) is 0 Å². The summed E-state index contributed by atoms with van der Waals surface area (Å²) in [4.78, 5) is 18.1. The van der Waals surface area contributed by atoms with E-state index in [2.05, 4.69) is 15.2 Å². The van der Waals surface area contributed by atoms with Gasteiger partial charge >= 0.3 is 5.97 Å². The summed E-state index contributed by atoms with van der Waals surface area (Å²) in [5, 5.41) is 3.99. The lowest BCUT2D eigenvalue weighted by Crippen LogP contribution is -2.48. The molecule has 0 bridgehead atoms. The Hall–Kier alpha value is -1.22. The van der Waals surface area contributed by atoms with Crippen molar-refractivity contribution < 1.29 is 14.3 Å². The number of nitrogens with one attached hydrogen (secondary N) is 1. The van der Waals surface area contributed by atoms with Gasteiger partial charge in [-0.2, -0.15) is 0 Å². The minimum Gasteiger partial charge on any atom is -0.489 e. The fraction of sp³-hybridized carbons (Fsp3) is 0.556. The first-order valence-electron chi connectivity index (χ1n) is 8.49. The van der Waals surface area contributed by atoms with Crippen LogP contribution < -0.4 is 10.1 Å². The van der Waals surface area contributed by atoms with E-state index in [4.69, 9.17) is 21.1 Å². The summed E-state index contributed by atoms with van der Waals surface area (Å²) < 4.78 is 10.7. The zero-order valence-corrected chi connectivity index (χ0v) is 18.5. The molecule has 1 heterocycles. The molecule has 0 radical (unpaired) electrons. The van der Waals surface area contributed by atoms with E-state index in [0.717, 1.165) is 37.6 Å². The number of hydrogen-bond donors (Lipinski definition) is 1. The average molecular weight is 496 g/mol. The summed E-state index contributed by atoms with van der Waals surface area (Å²) in [5.74, 6) is 1.44. The lowest BCUT2D eigenvalue weighted by molar-refractivity contribution is -0.146. The van der Waals surface area contributed by atoms with E-state index < -0.39 is 0 Å². The standard InChI is InChI=1S/C18H26ClN3O3.HI/c1-13(25-16-6-4-5-15(19)11-16)12-21-18(20-2)22-9-7-14(8-10-22)17(23)24-3;/h4-6,11,13-14H,7-10,12H2,1-3H3,(H,20,21);1H. The maximum Gasteiger partial charge on any atom is 0.308 e. The van der Waals surface area contributed by atoms with Crippen molar-refractivity contribution in [2.75, 3.05) is 33.8 Å². The molecule has 2 rings (SSSR count). The molecule has 1 aromatic rings. The predicted molar refractivity (Wildman–Crippen MR) is 115 cm³/mol. The third-order valence-corrected chi connectivity index (χ3v) is 4.46. The molecule has 1 unspecified atom stereocenters. The first-order chi connectivity index (χ1) is 12.0. The highest BCUT2D eigenvalue weighted by atomic mass is 127. The molecule has 6 nitrogen and oxygen atoms in total. The molecule has 1 atom stereocenters. The smallest absolute Gasteiger partial charge is 0.308 e. The van der Waals surface area contributed by atoms with Gasteiger partial charge in [0, 0.05) is 25.2 Å². The third-order valence-electron chi connectivity index (χ3n) is 4.22. The Morgan fingerprint density at radius 3 is 2.69 bits per heavy atom. The fourth-order valence-electron chi connectivity index (χ4n) is 2.88. The lowest BCUT2D eigenvalue weighted by atomic mass is 9.97. The average Bonchev–Trinajstić information content (AvgIpc) is 2.62. The zero-order valence-electron chi connectivity index (χ0n) is 15.4. The van der Waals surface area contributed by atoms with Crippen LogP contribution in [0, 0.1) is 5.92 Å². The lowest BCUT2D eigenvalue weighted by Gasteiger charge is -2.33. The number of hydrogen-bond acceptors (Lipinski definition) is 4. The van der Waals surface area contributed by atoms with Crippen molar-refractivity contribution in [1.82, 2.24) is 10.2 Å². The molecule has 1 aromatic carbocycles. The number of ether oxygens (including phenoxy) is 2. The summed E-state index contributed by atoms with van der Waals surface area (Å²) in [6.45, 7) is 4.17. The first-order valence-corrected chi connectivity index (χ1v) is 8.87. The number of nitrogens with zero attached hydrogens (tertiary/aromatic N) is 2. The van der Waals surface area contributed by atoms with Crippen LogP contribution in [-0.2, 0) is 9.53 Å². The summed E-state index contributed by atoms with van der Waals surface area (Å²) in [7, 11) is 3.20. The zero-order chi connectivity index (χ0) is 18.2. The molecule has 1 aliphatic heterocycles. The van der Waals surface area contributed by atoms with Crippen molar-refractivity contribution in [1.29, 1.82) is 0 Å². The van der Waals surface area contributed by atoms with Gasteiger partial charge in [-0.15, -0.1) is 24.0 Å². The number of esters is 1. The van der Waals surface area contributed by atoms with E-state index in [9.17, 15) is 4.79 Å². The van der Waals surface area contributed by atoms with Crippen molar-refractivity contribution in [2.24, 2.45) is 10.9 Å². The number of likely N-dealkylation sites (tertiary alicyclic amines) is 1. The summed E-state index contributed by atoms with van der Waals surface area (Å²) in [5.41, 5.74) is 0. The summed E-state index contributed by atoms with van der Waals surface area (Å²) in [6, 6.07) is 7.36. The molecule has 0 saturated carbocycles. The normalized spacial score (nSPS) is 16.5. The first kappa shape index (κ1) is 22.8. The van der Waals surface area contributed by atoms with Crippen LogP contribution in [0.15, 0.2) is 29.3 Å². The Kier molecular flexibility index (Phi) is 10.1. The minimum atomic E-state index is -0.119. The van der Waals surface area contributed by atoms with E-state index in [1.807, 2.05) is 25.1 Å². The van der Waals surface area contributed by atoms with Gasteiger partial charge in [0.15, 0.2) is 5.96 Å². The molecular formula is C18H27ClIN3O3. The van der Waals surface area contributed by atoms with E-state index in [0.29, 0.717) is 11.6 Å². The molecule has 1 aliphatic rings. The summed E-state index contributed by atoms with van der Waals surface area (Å²) in [6.07, 6.45) is 1.52. The highest BCUT2D eigenvalue weighted by Gasteiger charge is 2.27. The van der Waals surface area contributed by atoms with Crippen LogP contribution >= 0.6 is 35.6 Å². The molecule has 8 heteroatoms. The Labute approximate surface area is 177 Å². The third kappa shape index (κ3) is 6.83. The highest BCUT2D eigenvalue weighted by molar-refractivity contribution is 14.0. The number of halogens is 2. The van der Waals surface area contributed by atoms with E-state index in [1.54, 1.807) is 13.1 Å². The van der Waals surface area contributed by atoms with Gasteiger partial charge in [0.1, 0.15) is 11.9 Å². The molecule has 0 aliphatic carbocycles. The van der Waals surface area contributed by atoms with Gasteiger partial charge in [-0.25, -0.2) is 0 Å². The van der Waals surface area contributed by atoms with Crippen LogP contribution in [0.25, 0.3) is 0 Å². The van der Waals surface area contributed by atoms with Gasteiger partial charge in [-0.1, -0.05) is 17.7 Å². The number of benzene rings is 1. The van der Waals surface area contributed by atoms with Crippen molar-refractivity contribution in [3.8, 4) is 5.75 Å². The number of methoxy groups -OCH3 is 1. The number of aliphatic imine (C=N–C) groups is 1. The van der Waals surface area contributed by atoms with Gasteiger partial charge in [0.05, 0.1) is 19.6 Å². The van der Waals surface area contributed by atoms with Crippen molar-refractivity contribution in [3.05, 3.63) is 29.3 Å². The molecule has 26 heavy (non-hydrogen) atoms. The number of guanidine groups is 1. The molecule has 0 amide bonds. The van der Waals surface area contributed by atoms with Crippen LogP contribution in [-0.4, -0.2) is 56.7 Å². The van der Waals surface area contributed by atoms with E-state index in [1.165, 1.54) is 7.11 Å². The van der Waals surface area contributed by atoms with Crippen LogP contribution in [0.1, 0.15) is 19.8 Å². The van der Waals surface area contributed by atoms with Crippen molar-refractivity contribution >= 4 is 47.5 Å². The predicted octanol–water partition coefficient (Wildman–Crippen LogP) is 3.19. The van der Waals surface area contributed by atoms with Gasteiger partial charge in [0.2, 0.25) is 0 Å². The fourth-order valence-corrected chi connectivity index (χ4v) is 3.06. The monoisotopic (exact) mass is 495 g/mol. The quantitative estimate of drug-likeness (QED) is 0.294. The number of piperidine rings is 1. The Morgan fingerprint density at radius 2 is 2.12 bits per heavy atom. The second-order valence-electron chi connectivity index (χ2n) is 6.10. The van der Waals surface area contributed by atoms with Crippen molar-refractivity contribution in [3.63, 3.8) is 0 Å². The van der Waals surface area contributed by atoms with Crippen molar-refractivity contribution in [2.45, 2.75) is 25.9 Å². The van der Waals surface area contributed by atoms with Gasteiger partial charge < -0.3 is 19.7 Å². The van der Waals surface area contributed by atoms with Gasteiger partial charge in [-0.05, 0) is 38.0 Å². The molecule has 1 fully saturated rings. The van der Waals surface area contributed by atoms with Crippen LogP contribution in [0.4, 0.5) is 0 Å². The van der Waals surface area contributed by atoms with Gasteiger partial charge in [-0.3, -0.25) is 9.79 Å². The highest BCUT2D eigenvalue weighted by Crippen LogP contribution is 2.19. The van der Waals surface area contributed by atoms with E-state index >= 15 is 0 Å². The largest absolute Gasteiger partial charge is 0.489 e. The molecular weight excluding hydrogens is 469 g/mol. The van der Waals surface area contributed by atoms with E-state index in [-0.39, 0.29) is 42.0 Å². The second kappa shape index (κ2) is 11.5. The number of carbonyl (C=O) groups excluding carboxylic acids is 1. The molecule has 1 saturated heterocycles. The maximum absolute atomic E-state index is 11.6. The minimum absolute atomic E-state index is 0. The molecule has 146 valence electrons. The topological polar surface area (TPSA) is 63.2 Å². The molecule has 1 N–H and O–H groups in total. The Morgan fingerprint density at radius 1 is 1.42 bits per heavy atom. The number of rotatable bonds is 5. The number of carbonyl (C=O) groups is 1. The van der Waals surface area contributed by atoms with Crippen LogP contribution in [0.5, 0.6) is 5.75 Å². The Bertz CT molecular complexity index is 607. The summed E-state index contributed by atoms with van der Waals surface area (Å²) >= 11 is 5.97. The SMILES string of the molecule is CN=C(NCC(C)Oc1cccc(Cl)c1)N1CCC(C(=O)OC)CC1.I.